The standard InChI is InChI=1S/C2H2N2O4S/c3-1-2(4)7-9(5,6)8-2/h4H2. The summed E-state index contributed by atoms with van der Waals surface area (Å²) in [6.45, 7) is 0. The Kier molecular flexibility index (Phi) is 1.02. The zero-order chi connectivity index (χ0) is 7.12. The molecule has 0 bridgehead atoms. The number of nitrogens with zero attached hydrogens (tertiary/aromatic N) is 1. The molecule has 0 aliphatic carbocycles. The molecule has 1 aliphatic heterocycles. The monoisotopic (exact) mass is 150 g/mol. The second-order valence-corrected chi connectivity index (χ2v) is 2.50. The minimum Gasteiger partial charge on any atom is -0.265 e. The van der Waals surface area contributed by atoms with Crippen molar-refractivity contribution < 1.29 is 16.8 Å². The molecule has 0 amide bonds. The van der Waals surface area contributed by atoms with E-state index >= 15 is 0 Å². The van der Waals surface area contributed by atoms with Gasteiger partial charge in [-0.1, -0.05) is 0 Å². The Balaban J connectivity index is 2.76. The van der Waals surface area contributed by atoms with Gasteiger partial charge in [0.2, 0.25) is 0 Å². The van der Waals surface area contributed by atoms with E-state index < -0.39 is 16.3 Å². The highest BCUT2D eigenvalue weighted by atomic mass is 32.3. The van der Waals surface area contributed by atoms with E-state index in [1.54, 1.807) is 0 Å². The molecule has 0 aromatic rings. The molecule has 1 saturated heterocycles. The molecule has 0 aromatic heterocycles. The minimum atomic E-state index is -3.95. The molecule has 1 aliphatic rings. The Morgan fingerprint density at radius 2 is 2.00 bits per heavy atom. The van der Waals surface area contributed by atoms with Crippen LogP contribution in [0.4, 0.5) is 0 Å². The molecule has 2 N–H and O–H groups in total. The first kappa shape index (κ1) is 6.44. The van der Waals surface area contributed by atoms with Gasteiger partial charge in [0.05, 0.1) is 0 Å². The van der Waals surface area contributed by atoms with E-state index in [2.05, 4.69) is 8.37 Å². The van der Waals surface area contributed by atoms with E-state index in [0.717, 1.165) is 0 Å². The van der Waals surface area contributed by atoms with Crippen LogP contribution in [0, 0.1) is 11.3 Å². The lowest BCUT2D eigenvalue weighted by molar-refractivity contribution is -0.137. The molecule has 0 atom stereocenters. The van der Waals surface area contributed by atoms with Crippen LogP contribution in [0.2, 0.25) is 0 Å². The molecule has 1 heterocycles. The predicted molar refractivity (Wildman–Crippen MR) is 23.6 cm³/mol. The molecular formula is C2H2N2O4S. The third-order valence-electron chi connectivity index (χ3n) is 0.608. The van der Waals surface area contributed by atoms with Gasteiger partial charge in [0.25, 0.3) is 0 Å². The van der Waals surface area contributed by atoms with Crippen molar-refractivity contribution in [1.82, 2.24) is 0 Å². The second-order valence-electron chi connectivity index (χ2n) is 1.35. The zero-order valence-electron chi connectivity index (χ0n) is 4.07. The summed E-state index contributed by atoms with van der Waals surface area (Å²) in [6, 6.07) is 1.29. The number of nitriles is 1. The van der Waals surface area contributed by atoms with Gasteiger partial charge in [-0.3, -0.25) is 5.73 Å². The minimum absolute atomic E-state index is 1.29. The molecule has 6 nitrogen and oxygen atoms in total. The van der Waals surface area contributed by atoms with Crippen LogP contribution in [0.3, 0.4) is 0 Å². The van der Waals surface area contributed by atoms with Crippen LogP contribution in [0.15, 0.2) is 0 Å². The number of hydrogen-bond acceptors (Lipinski definition) is 6. The third kappa shape index (κ3) is 1.01. The largest absolute Gasteiger partial charge is 0.409 e. The van der Waals surface area contributed by atoms with Gasteiger partial charge in [0.15, 0.2) is 0 Å². The summed E-state index contributed by atoms with van der Waals surface area (Å²) in [5.41, 5.74) is 4.79. The topological polar surface area (TPSA) is 102 Å². The average Bonchev–Trinajstić information content (AvgIpc) is 1.61. The Hall–Kier alpha value is -0.680. The van der Waals surface area contributed by atoms with Crippen molar-refractivity contribution >= 4 is 10.4 Å². The predicted octanol–water partition coefficient (Wildman–Crippen LogP) is -1.59. The smallest absolute Gasteiger partial charge is 0.265 e. The number of nitrogens with two attached hydrogens (primary N) is 1. The lowest BCUT2D eigenvalue weighted by Gasteiger charge is -2.27. The highest BCUT2D eigenvalue weighted by Crippen LogP contribution is 2.23. The first-order valence-corrected chi connectivity index (χ1v) is 3.17. The lowest BCUT2D eigenvalue weighted by Crippen LogP contribution is -2.56. The molecule has 0 unspecified atom stereocenters. The van der Waals surface area contributed by atoms with Crippen LogP contribution in [-0.4, -0.2) is 14.3 Å². The van der Waals surface area contributed by atoms with Crippen LogP contribution in [0.1, 0.15) is 0 Å². The van der Waals surface area contributed by atoms with Crippen molar-refractivity contribution in [2.45, 2.75) is 5.91 Å². The molecule has 50 valence electrons. The number of rotatable bonds is 0. The number of hydrogen-bond donors (Lipinski definition) is 1. The molecule has 0 radical (unpaired) electrons. The quantitative estimate of drug-likeness (QED) is 0.446. The Labute approximate surface area is 51.1 Å². The maximum Gasteiger partial charge on any atom is 0.409 e. The first-order valence-electron chi connectivity index (χ1n) is 1.84. The first-order chi connectivity index (χ1) is 3.97. The van der Waals surface area contributed by atoms with E-state index in [0.29, 0.717) is 0 Å². The van der Waals surface area contributed by atoms with Crippen LogP contribution in [0.5, 0.6) is 0 Å². The van der Waals surface area contributed by atoms with Crippen molar-refractivity contribution in [2.75, 3.05) is 0 Å². The second kappa shape index (κ2) is 1.43. The van der Waals surface area contributed by atoms with E-state index in [9.17, 15) is 8.42 Å². The van der Waals surface area contributed by atoms with E-state index in [1.807, 2.05) is 0 Å². The molecule has 0 spiro atoms. The van der Waals surface area contributed by atoms with Gasteiger partial charge in [-0.2, -0.15) is 22.0 Å². The van der Waals surface area contributed by atoms with Gasteiger partial charge >= 0.3 is 16.3 Å². The summed E-state index contributed by atoms with van der Waals surface area (Å²) >= 11 is 0. The fourth-order valence-electron chi connectivity index (χ4n) is 0.347. The van der Waals surface area contributed by atoms with Crippen molar-refractivity contribution in [3.05, 3.63) is 0 Å². The van der Waals surface area contributed by atoms with Gasteiger partial charge in [-0.05, 0) is 0 Å². The maximum atomic E-state index is 9.99. The van der Waals surface area contributed by atoms with Gasteiger partial charge in [-0.15, -0.1) is 0 Å². The fraction of sp³-hybridized carbons (Fsp3) is 0.500. The van der Waals surface area contributed by atoms with Gasteiger partial charge in [0.1, 0.15) is 6.07 Å². The molecule has 7 heteroatoms. The van der Waals surface area contributed by atoms with Crippen LogP contribution in [0.25, 0.3) is 0 Å². The fourth-order valence-corrected chi connectivity index (χ4v) is 1.04. The van der Waals surface area contributed by atoms with Gasteiger partial charge < -0.3 is 0 Å². The maximum absolute atomic E-state index is 9.99. The van der Waals surface area contributed by atoms with Crippen LogP contribution in [-0.2, 0) is 18.8 Å². The molecule has 0 aromatic carbocycles. The lowest BCUT2D eigenvalue weighted by atomic mass is 10.6. The summed E-state index contributed by atoms with van der Waals surface area (Å²) < 4.78 is 27.6. The van der Waals surface area contributed by atoms with E-state index in [-0.39, 0.29) is 0 Å². The van der Waals surface area contributed by atoms with E-state index in [1.165, 1.54) is 6.07 Å². The van der Waals surface area contributed by atoms with Gasteiger partial charge in [-0.25, -0.2) is 0 Å². The summed E-state index contributed by atoms with van der Waals surface area (Å²) in [7, 11) is -3.95. The normalized spacial score (nSPS) is 28.0. The zero-order valence-corrected chi connectivity index (χ0v) is 4.88. The van der Waals surface area contributed by atoms with Crippen LogP contribution >= 0.6 is 0 Å². The van der Waals surface area contributed by atoms with Crippen molar-refractivity contribution in [3.8, 4) is 6.07 Å². The third-order valence-corrected chi connectivity index (χ3v) is 1.51. The SMILES string of the molecule is N#CC1(N)OS(=O)(=O)O1. The highest BCUT2D eigenvalue weighted by molar-refractivity contribution is 7.82. The summed E-state index contributed by atoms with van der Waals surface area (Å²) in [4.78, 5) is 0. The van der Waals surface area contributed by atoms with Crippen molar-refractivity contribution in [1.29, 1.82) is 5.26 Å². The Morgan fingerprint density at radius 1 is 1.56 bits per heavy atom. The van der Waals surface area contributed by atoms with Gasteiger partial charge in [0, 0.05) is 0 Å². The van der Waals surface area contributed by atoms with E-state index in [4.69, 9.17) is 11.0 Å². The molecular weight excluding hydrogens is 148 g/mol. The molecule has 1 rings (SSSR count). The average molecular weight is 150 g/mol. The highest BCUT2D eigenvalue weighted by Gasteiger charge is 2.50. The summed E-state index contributed by atoms with van der Waals surface area (Å²) in [6.07, 6.45) is 0. The molecule has 1 fully saturated rings. The summed E-state index contributed by atoms with van der Waals surface area (Å²) in [5, 5.41) is 7.99. The molecule has 0 saturated carbocycles. The Bertz CT molecular complexity index is 249. The van der Waals surface area contributed by atoms with Crippen molar-refractivity contribution in [3.63, 3.8) is 0 Å². The summed E-state index contributed by atoms with van der Waals surface area (Å²) in [5.74, 6) is -2.08. The van der Waals surface area contributed by atoms with Crippen LogP contribution < -0.4 is 5.73 Å². The molecule has 9 heavy (non-hydrogen) atoms. The Morgan fingerprint density at radius 3 is 2.11 bits per heavy atom. The van der Waals surface area contributed by atoms with Crippen molar-refractivity contribution in [2.24, 2.45) is 5.73 Å².